The molecule has 1 heterocycles. The van der Waals surface area contributed by atoms with Gasteiger partial charge in [0.2, 0.25) is 0 Å². The number of carbonyl (C=O) groups is 1. The zero-order valence-corrected chi connectivity index (χ0v) is 19.1. The molecule has 0 amide bonds. The maximum atomic E-state index is 12.4. The Morgan fingerprint density at radius 3 is 2.34 bits per heavy atom. The third-order valence-electron chi connectivity index (χ3n) is 5.35. The summed E-state index contributed by atoms with van der Waals surface area (Å²) in [5, 5.41) is 1.56. The number of rotatable bonds is 14. The zero-order chi connectivity index (χ0) is 21.1. The van der Waals surface area contributed by atoms with Crippen LogP contribution in [-0.2, 0) is 11.2 Å². The first-order valence-corrected chi connectivity index (χ1v) is 11.5. The summed E-state index contributed by atoms with van der Waals surface area (Å²) in [6.07, 6.45) is 12.4. The van der Waals surface area contributed by atoms with Crippen LogP contribution in [0.4, 0.5) is 0 Å². The molecule has 4 nitrogen and oxygen atoms in total. The van der Waals surface area contributed by atoms with Gasteiger partial charge in [-0.15, -0.1) is 0 Å². The highest BCUT2D eigenvalue weighted by molar-refractivity contribution is 6.32. The lowest BCUT2D eigenvalue weighted by atomic mass is 10.1. The first kappa shape index (κ1) is 23.8. The number of unbranched alkanes of at least 4 members (excludes halogenated alkanes) is 8. The highest BCUT2D eigenvalue weighted by Gasteiger charge is 2.16. The molecule has 0 aliphatic carbocycles. The summed E-state index contributed by atoms with van der Waals surface area (Å²) in [6.45, 7) is 3.13. The predicted octanol–water partition coefficient (Wildman–Crippen LogP) is 6.75. The SMILES string of the molecule is CCCCCCCCCCCC(=O)Oc1cccc2[nH]c(Cl)c(CCN(C)C)c12. The van der Waals surface area contributed by atoms with Crippen molar-refractivity contribution in [2.24, 2.45) is 0 Å². The molecule has 1 aromatic heterocycles. The van der Waals surface area contributed by atoms with E-state index in [2.05, 4.69) is 16.8 Å². The molecule has 5 heteroatoms. The Morgan fingerprint density at radius 1 is 1.03 bits per heavy atom. The molecule has 2 aromatic rings. The number of aromatic amines is 1. The van der Waals surface area contributed by atoms with E-state index in [1.807, 2.05) is 32.3 Å². The number of carbonyl (C=O) groups excluding carboxylic acids is 1. The number of ether oxygens (including phenoxy) is 1. The summed E-state index contributed by atoms with van der Waals surface area (Å²) < 4.78 is 5.73. The van der Waals surface area contributed by atoms with Gasteiger partial charge in [0.05, 0.1) is 5.52 Å². The van der Waals surface area contributed by atoms with Crippen molar-refractivity contribution in [3.05, 3.63) is 28.9 Å². The first-order chi connectivity index (χ1) is 14.0. The Labute approximate surface area is 180 Å². The average Bonchev–Trinajstić information content (AvgIpc) is 3.01. The van der Waals surface area contributed by atoms with Crippen molar-refractivity contribution in [2.45, 2.75) is 77.6 Å². The number of halogens is 1. The van der Waals surface area contributed by atoms with E-state index in [0.717, 1.165) is 42.3 Å². The zero-order valence-electron chi connectivity index (χ0n) is 18.4. The van der Waals surface area contributed by atoms with Crippen LogP contribution in [0.25, 0.3) is 10.9 Å². The number of fused-ring (bicyclic) bond motifs is 1. The van der Waals surface area contributed by atoms with Crippen molar-refractivity contribution < 1.29 is 9.53 Å². The summed E-state index contributed by atoms with van der Waals surface area (Å²) in [6, 6.07) is 5.73. The minimum absolute atomic E-state index is 0.156. The second-order valence-corrected chi connectivity index (χ2v) is 8.58. The normalized spacial score (nSPS) is 11.5. The Bertz CT molecular complexity index is 755. The van der Waals surface area contributed by atoms with E-state index in [1.165, 1.54) is 44.9 Å². The highest BCUT2D eigenvalue weighted by atomic mass is 35.5. The van der Waals surface area contributed by atoms with E-state index in [1.54, 1.807) is 0 Å². The lowest BCUT2D eigenvalue weighted by molar-refractivity contribution is -0.134. The van der Waals surface area contributed by atoms with Crippen LogP contribution < -0.4 is 4.74 Å². The fourth-order valence-corrected chi connectivity index (χ4v) is 3.95. The van der Waals surface area contributed by atoms with E-state index < -0.39 is 0 Å². The smallest absolute Gasteiger partial charge is 0.311 e. The summed E-state index contributed by atoms with van der Waals surface area (Å²) in [4.78, 5) is 17.7. The van der Waals surface area contributed by atoms with E-state index in [4.69, 9.17) is 16.3 Å². The quantitative estimate of drug-likeness (QED) is 0.209. The molecule has 162 valence electrons. The van der Waals surface area contributed by atoms with E-state index in [9.17, 15) is 4.79 Å². The molecule has 0 radical (unpaired) electrons. The van der Waals surface area contributed by atoms with Gasteiger partial charge in [0.15, 0.2) is 0 Å². The molecule has 0 saturated heterocycles. The van der Waals surface area contributed by atoms with Crippen molar-refractivity contribution in [3.8, 4) is 5.75 Å². The number of esters is 1. The van der Waals surface area contributed by atoms with Crippen LogP contribution >= 0.6 is 11.6 Å². The van der Waals surface area contributed by atoms with Crippen molar-refractivity contribution in [3.63, 3.8) is 0 Å². The third-order valence-corrected chi connectivity index (χ3v) is 5.68. The summed E-state index contributed by atoms with van der Waals surface area (Å²) in [5.74, 6) is 0.455. The van der Waals surface area contributed by atoms with E-state index in [-0.39, 0.29) is 5.97 Å². The lowest BCUT2D eigenvalue weighted by Gasteiger charge is -2.11. The van der Waals surface area contributed by atoms with Crippen molar-refractivity contribution in [1.82, 2.24) is 9.88 Å². The molecule has 29 heavy (non-hydrogen) atoms. The van der Waals surface area contributed by atoms with Crippen LogP contribution in [0.5, 0.6) is 5.75 Å². The van der Waals surface area contributed by atoms with E-state index in [0.29, 0.717) is 17.3 Å². The second-order valence-electron chi connectivity index (χ2n) is 8.20. The predicted molar refractivity (Wildman–Crippen MR) is 123 cm³/mol. The van der Waals surface area contributed by atoms with Gasteiger partial charge in [0, 0.05) is 23.9 Å². The van der Waals surface area contributed by atoms with Crippen LogP contribution in [0, 0.1) is 0 Å². The van der Waals surface area contributed by atoms with Crippen LogP contribution in [0.2, 0.25) is 5.15 Å². The number of H-pyrrole nitrogens is 1. The second kappa shape index (κ2) is 12.9. The maximum absolute atomic E-state index is 12.4. The fourth-order valence-electron chi connectivity index (χ4n) is 3.66. The third kappa shape index (κ3) is 8.02. The number of nitrogens with zero attached hydrogens (tertiary/aromatic N) is 1. The molecule has 0 aliphatic heterocycles. The van der Waals surface area contributed by atoms with Crippen LogP contribution in [0.1, 0.15) is 76.7 Å². The molecule has 0 fully saturated rings. The number of nitrogens with one attached hydrogen (secondary N) is 1. The van der Waals surface area contributed by atoms with Gasteiger partial charge in [-0.3, -0.25) is 4.79 Å². The largest absolute Gasteiger partial charge is 0.426 e. The van der Waals surface area contributed by atoms with Gasteiger partial charge in [-0.05, 0) is 39.1 Å². The van der Waals surface area contributed by atoms with Crippen molar-refractivity contribution >= 4 is 28.5 Å². The summed E-state index contributed by atoms with van der Waals surface area (Å²) in [7, 11) is 4.07. The van der Waals surface area contributed by atoms with Crippen molar-refractivity contribution in [1.29, 1.82) is 0 Å². The van der Waals surface area contributed by atoms with Crippen LogP contribution in [0.15, 0.2) is 18.2 Å². The lowest BCUT2D eigenvalue weighted by Crippen LogP contribution is -2.15. The molecule has 0 saturated carbocycles. The van der Waals surface area contributed by atoms with E-state index >= 15 is 0 Å². The van der Waals surface area contributed by atoms with Crippen LogP contribution in [0.3, 0.4) is 0 Å². The Morgan fingerprint density at radius 2 is 1.69 bits per heavy atom. The minimum atomic E-state index is -0.156. The van der Waals surface area contributed by atoms with Gasteiger partial charge in [-0.2, -0.15) is 0 Å². The Balaban J connectivity index is 1.82. The molecule has 0 bridgehead atoms. The molecule has 0 unspecified atom stereocenters. The average molecular weight is 421 g/mol. The maximum Gasteiger partial charge on any atom is 0.311 e. The van der Waals surface area contributed by atoms with Crippen LogP contribution in [-0.4, -0.2) is 36.5 Å². The molecular formula is C24H37ClN2O2. The molecule has 2 rings (SSSR count). The van der Waals surface area contributed by atoms with Gasteiger partial charge in [-0.1, -0.05) is 76.0 Å². The first-order valence-electron chi connectivity index (χ1n) is 11.2. The Hall–Kier alpha value is -1.52. The van der Waals surface area contributed by atoms with Gasteiger partial charge in [0.25, 0.3) is 0 Å². The van der Waals surface area contributed by atoms with Gasteiger partial charge >= 0.3 is 5.97 Å². The topological polar surface area (TPSA) is 45.3 Å². The standard InChI is InChI=1S/C24H37ClN2O2/c1-4-5-6-7-8-9-10-11-12-16-22(28)29-21-15-13-14-20-23(21)19(24(25)26-20)17-18-27(2)3/h13-15,26H,4-12,16-18H2,1-3H3. The summed E-state index contributed by atoms with van der Waals surface area (Å²) in [5.41, 5.74) is 1.93. The number of aromatic nitrogens is 1. The molecule has 0 aliphatic rings. The molecule has 0 spiro atoms. The number of hydrogen-bond acceptors (Lipinski definition) is 3. The summed E-state index contributed by atoms with van der Waals surface area (Å²) >= 11 is 6.42. The van der Waals surface area contributed by atoms with Gasteiger partial charge < -0.3 is 14.6 Å². The number of benzene rings is 1. The fraction of sp³-hybridized carbons (Fsp3) is 0.625. The van der Waals surface area contributed by atoms with Crippen molar-refractivity contribution in [2.75, 3.05) is 20.6 Å². The van der Waals surface area contributed by atoms with Gasteiger partial charge in [0.1, 0.15) is 10.9 Å². The molecular weight excluding hydrogens is 384 g/mol. The Kier molecular flexibility index (Phi) is 10.6. The number of likely N-dealkylation sites (N-methyl/N-ethyl adjacent to an activating group) is 1. The molecule has 1 N–H and O–H groups in total. The van der Waals surface area contributed by atoms with Gasteiger partial charge in [-0.25, -0.2) is 0 Å². The molecule has 0 atom stereocenters. The molecule has 1 aromatic carbocycles. The highest BCUT2D eigenvalue weighted by Crippen LogP contribution is 2.34. The monoisotopic (exact) mass is 420 g/mol. The number of hydrogen-bond donors (Lipinski definition) is 1. The minimum Gasteiger partial charge on any atom is -0.426 e.